The monoisotopic (exact) mass is 322 g/mol. The number of halogens is 3. The summed E-state index contributed by atoms with van der Waals surface area (Å²) in [4.78, 5) is 4.13. The van der Waals surface area contributed by atoms with Crippen LogP contribution in [0.1, 0.15) is 5.82 Å². The van der Waals surface area contributed by atoms with Crippen LogP contribution in [0.25, 0.3) is 11.5 Å². The van der Waals surface area contributed by atoms with Crippen LogP contribution in [0.15, 0.2) is 47.0 Å². The fraction of sp³-hybridized carbons (Fsp3) is 0.0667. The molecule has 7 heteroatoms. The van der Waals surface area contributed by atoms with E-state index in [-0.39, 0.29) is 23.3 Å². The first-order chi connectivity index (χ1) is 10.6. The molecule has 0 unspecified atom stereocenters. The van der Waals surface area contributed by atoms with Crippen molar-refractivity contribution in [3.05, 3.63) is 64.9 Å². The van der Waals surface area contributed by atoms with Crippen molar-refractivity contribution in [2.75, 3.05) is 0 Å². The van der Waals surface area contributed by atoms with Crippen molar-refractivity contribution in [1.82, 2.24) is 10.1 Å². The van der Waals surface area contributed by atoms with Gasteiger partial charge in [-0.2, -0.15) is 4.98 Å². The van der Waals surface area contributed by atoms with Gasteiger partial charge in [0, 0.05) is 5.56 Å². The minimum atomic E-state index is -0.449. The van der Waals surface area contributed by atoms with Crippen molar-refractivity contribution in [3.8, 4) is 17.2 Å². The molecule has 1 heterocycles. The highest BCUT2D eigenvalue weighted by Gasteiger charge is 2.10. The van der Waals surface area contributed by atoms with Crippen LogP contribution in [0, 0.1) is 11.6 Å². The zero-order valence-corrected chi connectivity index (χ0v) is 11.8. The van der Waals surface area contributed by atoms with Crippen molar-refractivity contribution in [3.63, 3.8) is 0 Å². The molecule has 3 rings (SSSR count). The number of benzene rings is 2. The minimum Gasteiger partial charge on any atom is -0.484 e. The Kier molecular flexibility index (Phi) is 4.02. The van der Waals surface area contributed by atoms with E-state index in [2.05, 4.69) is 10.1 Å². The number of hydrogen-bond donors (Lipinski definition) is 0. The van der Waals surface area contributed by atoms with Gasteiger partial charge in [0.1, 0.15) is 17.4 Å². The molecule has 0 N–H and O–H groups in total. The van der Waals surface area contributed by atoms with Crippen molar-refractivity contribution < 1.29 is 18.0 Å². The number of hydrogen-bond acceptors (Lipinski definition) is 4. The summed E-state index contributed by atoms with van der Waals surface area (Å²) in [6.45, 7) is 0.00997. The fourth-order valence-electron chi connectivity index (χ4n) is 1.76. The molecule has 22 heavy (non-hydrogen) atoms. The van der Waals surface area contributed by atoms with E-state index in [9.17, 15) is 8.78 Å². The van der Waals surface area contributed by atoms with E-state index in [1.54, 1.807) is 0 Å². The van der Waals surface area contributed by atoms with E-state index in [4.69, 9.17) is 20.9 Å². The molecule has 2 aromatic carbocycles. The summed E-state index contributed by atoms with van der Waals surface area (Å²) in [6, 6.07) is 9.47. The molecular formula is C15H9ClF2N2O2. The Labute approximate surface area is 129 Å². The number of aromatic nitrogens is 2. The van der Waals surface area contributed by atoms with Crippen LogP contribution in [0.4, 0.5) is 8.78 Å². The Hall–Kier alpha value is -2.47. The summed E-state index contributed by atoms with van der Waals surface area (Å²) >= 11 is 5.85. The number of rotatable bonds is 4. The first kappa shape index (κ1) is 14.5. The summed E-state index contributed by atoms with van der Waals surface area (Å²) in [5.74, 6) is 0.0630. The quantitative estimate of drug-likeness (QED) is 0.720. The predicted octanol–water partition coefficient (Wildman–Crippen LogP) is 4.25. The number of nitrogens with zero attached hydrogens (tertiary/aromatic N) is 2. The Bertz CT molecular complexity index is 790. The van der Waals surface area contributed by atoms with Gasteiger partial charge in [0.25, 0.3) is 5.89 Å². The topological polar surface area (TPSA) is 48.2 Å². The van der Waals surface area contributed by atoms with E-state index in [0.717, 1.165) is 6.07 Å². The maximum absolute atomic E-state index is 12.9. The molecular weight excluding hydrogens is 314 g/mol. The van der Waals surface area contributed by atoms with Gasteiger partial charge in [-0.05, 0) is 42.5 Å². The SMILES string of the molecule is Fc1ccc(-c2nc(COc3ccc(F)cc3Cl)no2)cc1. The van der Waals surface area contributed by atoms with Gasteiger partial charge in [0.05, 0.1) is 5.02 Å². The maximum atomic E-state index is 12.9. The molecule has 0 aliphatic carbocycles. The average Bonchev–Trinajstić information content (AvgIpc) is 2.96. The second-order valence-electron chi connectivity index (χ2n) is 4.39. The smallest absolute Gasteiger partial charge is 0.258 e. The van der Waals surface area contributed by atoms with Crippen LogP contribution in [0.5, 0.6) is 5.75 Å². The molecule has 0 fully saturated rings. The van der Waals surface area contributed by atoms with Crippen LogP contribution in [-0.2, 0) is 6.61 Å². The molecule has 0 aliphatic heterocycles. The van der Waals surface area contributed by atoms with Gasteiger partial charge in [-0.3, -0.25) is 0 Å². The summed E-state index contributed by atoms with van der Waals surface area (Å²) < 4.78 is 36.3. The van der Waals surface area contributed by atoms with Gasteiger partial charge in [0.15, 0.2) is 6.61 Å². The Morgan fingerprint density at radius 2 is 1.77 bits per heavy atom. The zero-order chi connectivity index (χ0) is 15.5. The van der Waals surface area contributed by atoms with Crippen molar-refractivity contribution in [2.45, 2.75) is 6.61 Å². The van der Waals surface area contributed by atoms with Gasteiger partial charge in [-0.25, -0.2) is 8.78 Å². The minimum absolute atomic E-state index is 0.00997. The second kappa shape index (κ2) is 6.11. The van der Waals surface area contributed by atoms with E-state index >= 15 is 0 Å². The summed E-state index contributed by atoms with van der Waals surface area (Å²) in [5.41, 5.74) is 0.597. The average molecular weight is 323 g/mol. The lowest BCUT2D eigenvalue weighted by Gasteiger charge is -2.04. The largest absolute Gasteiger partial charge is 0.484 e. The van der Waals surface area contributed by atoms with Crippen molar-refractivity contribution in [1.29, 1.82) is 0 Å². The fourth-order valence-corrected chi connectivity index (χ4v) is 1.98. The highest BCUT2D eigenvalue weighted by Crippen LogP contribution is 2.25. The van der Waals surface area contributed by atoms with Gasteiger partial charge < -0.3 is 9.26 Å². The van der Waals surface area contributed by atoms with Crippen molar-refractivity contribution in [2.24, 2.45) is 0 Å². The third-order valence-electron chi connectivity index (χ3n) is 2.81. The van der Waals surface area contributed by atoms with E-state index in [1.807, 2.05) is 0 Å². The van der Waals surface area contributed by atoms with Crippen LogP contribution >= 0.6 is 11.6 Å². The van der Waals surface area contributed by atoms with Crippen LogP contribution < -0.4 is 4.74 Å². The molecule has 4 nitrogen and oxygen atoms in total. The summed E-state index contributed by atoms with van der Waals surface area (Å²) in [5, 5.41) is 3.91. The molecule has 0 bridgehead atoms. The van der Waals surface area contributed by atoms with E-state index in [1.165, 1.54) is 36.4 Å². The van der Waals surface area contributed by atoms with Gasteiger partial charge in [-0.1, -0.05) is 16.8 Å². The summed E-state index contributed by atoms with van der Waals surface area (Å²) in [6.07, 6.45) is 0. The number of ether oxygens (including phenoxy) is 1. The molecule has 0 aliphatic rings. The molecule has 3 aromatic rings. The first-order valence-corrected chi connectivity index (χ1v) is 6.66. The summed E-state index contributed by atoms with van der Waals surface area (Å²) in [7, 11) is 0. The third kappa shape index (κ3) is 3.23. The highest BCUT2D eigenvalue weighted by atomic mass is 35.5. The lowest BCUT2D eigenvalue weighted by molar-refractivity contribution is 0.287. The maximum Gasteiger partial charge on any atom is 0.258 e. The third-order valence-corrected chi connectivity index (χ3v) is 3.11. The van der Waals surface area contributed by atoms with Crippen molar-refractivity contribution >= 4 is 11.6 Å². The first-order valence-electron chi connectivity index (χ1n) is 6.28. The molecule has 112 valence electrons. The zero-order valence-electron chi connectivity index (χ0n) is 11.1. The Morgan fingerprint density at radius 1 is 1.05 bits per heavy atom. The molecule has 0 radical (unpaired) electrons. The van der Waals surface area contributed by atoms with Gasteiger partial charge in [-0.15, -0.1) is 0 Å². The molecule has 0 saturated carbocycles. The normalized spacial score (nSPS) is 10.7. The van der Waals surface area contributed by atoms with Crippen LogP contribution in [-0.4, -0.2) is 10.1 Å². The Morgan fingerprint density at radius 3 is 2.50 bits per heavy atom. The van der Waals surface area contributed by atoms with Crippen LogP contribution in [0.3, 0.4) is 0 Å². The van der Waals surface area contributed by atoms with Crippen LogP contribution in [0.2, 0.25) is 5.02 Å². The van der Waals surface area contributed by atoms with Gasteiger partial charge >= 0.3 is 0 Å². The molecule has 0 amide bonds. The molecule has 0 saturated heterocycles. The highest BCUT2D eigenvalue weighted by molar-refractivity contribution is 6.32. The second-order valence-corrected chi connectivity index (χ2v) is 4.79. The van der Waals surface area contributed by atoms with E-state index in [0.29, 0.717) is 17.1 Å². The lowest BCUT2D eigenvalue weighted by atomic mass is 10.2. The molecule has 0 atom stereocenters. The lowest BCUT2D eigenvalue weighted by Crippen LogP contribution is -1.98. The van der Waals surface area contributed by atoms with Gasteiger partial charge in [0.2, 0.25) is 5.82 Å². The predicted molar refractivity (Wildman–Crippen MR) is 75.4 cm³/mol. The van der Waals surface area contributed by atoms with E-state index < -0.39 is 5.82 Å². The Balaban J connectivity index is 1.70. The standard InChI is InChI=1S/C15H9ClF2N2O2/c16-12-7-11(18)5-6-13(12)21-8-14-19-15(22-20-14)9-1-3-10(17)4-2-9/h1-7H,8H2. The molecule has 1 aromatic heterocycles. The molecule has 0 spiro atoms.